The van der Waals surface area contributed by atoms with Crippen molar-refractivity contribution >= 4 is 11.8 Å². The molecule has 1 aliphatic heterocycles. The van der Waals surface area contributed by atoms with Crippen LogP contribution in [0.4, 0.5) is 0 Å². The molecule has 0 aromatic carbocycles. The van der Waals surface area contributed by atoms with Crippen molar-refractivity contribution < 1.29 is 14.0 Å². The molecule has 1 saturated heterocycles. The van der Waals surface area contributed by atoms with E-state index in [4.69, 9.17) is 4.42 Å². The zero-order valence-corrected chi connectivity index (χ0v) is 11.8. The third-order valence-corrected chi connectivity index (χ3v) is 3.37. The topological polar surface area (TPSA) is 62.6 Å². The largest absolute Gasteiger partial charge is 0.467 e. The van der Waals surface area contributed by atoms with Crippen LogP contribution in [-0.2, 0) is 16.1 Å². The monoisotopic (exact) mass is 264 g/mol. The van der Waals surface area contributed by atoms with Gasteiger partial charge in [-0.1, -0.05) is 13.8 Å². The Kier molecular flexibility index (Phi) is 3.39. The Labute approximate surface area is 113 Å². The molecule has 19 heavy (non-hydrogen) atoms. The van der Waals surface area contributed by atoms with E-state index in [-0.39, 0.29) is 17.7 Å². The summed E-state index contributed by atoms with van der Waals surface area (Å²) < 4.78 is 5.29. The van der Waals surface area contributed by atoms with E-state index in [9.17, 15) is 9.59 Å². The van der Waals surface area contributed by atoms with Crippen LogP contribution in [0.15, 0.2) is 22.8 Å². The van der Waals surface area contributed by atoms with Gasteiger partial charge in [-0.05, 0) is 31.9 Å². The van der Waals surface area contributed by atoms with Crippen molar-refractivity contribution in [3.63, 3.8) is 0 Å². The number of nitrogens with zero attached hydrogens (tertiary/aromatic N) is 1. The highest BCUT2D eigenvalue weighted by molar-refractivity contribution is 5.99. The molecule has 104 valence electrons. The molecule has 5 nitrogen and oxygen atoms in total. The molecule has 1 fully saturated rings. The van der Waals surface area contributed by atoms with Gasteiger partial charge in [0, 0.05) is 0 Å². The fourth-order valence-corrected chi connectivity index (χ4v) is 2.47. The van der Waals surface area contributed by atoms with Crippen LogP contribution >= 0.6 is 0 Å². The van der Waals surface area contributed by atoms with Crippen molar-refractivity contribution in [3.05, 3.63) is 24.2 Å². The summed E-state index contributed by atoms with van der Waals surface area (Å²) in [5, 5.41) is 2.79. The summed E-state index contributed by atoms with van der Waals surface area (Å²) in [5.74, 6) is 0.549. The van der Waals surface area contributed by atoms with Crippen molar-refractivity contribution in [3.8, 4) is 0 Å². The predicted octanol–water partition coefficient (Wildman–Crippen LogP) is 1.54. The molecule has 1 atom stereocenters. The summed E-state index contributed by atoms with van der Waals surface area (Å²) in [6.07, 6.45) is 1.57. The van der Waals surface area contributed by atoms with Crippen LogP contribution in [0.1, 0.15) is 33.5 Å². The molecule has 1 aliphatic rings. The van der Waals surface area contributed by atoms with E-state index in [1.807, 2.05) is 19.9 Å². The van der Waals surface area contributed by atoms with Gasteiger partial charge in [0.15, 0.2) is 0 Å². The lowest BCUT2D eigenvalue weighted by Crippen LogP contribution is -2.68. The molecule has 1 N–H and O–H groups in total. The number of hydrogen-bond acceptors (Lipinski definition) is 3. The number of nitrogens with one attached hydrogen (secondary N) is 1. The minimum atomic E-state index is -0.866. The normalized spacial score (nSPS) is 22.8. The molecular formula is C14H20N2O3. The zero-order chi connectivity index (χ0) is 14.2. The Bertz CT molecular complexity index is 477. The summed E-state index contributed by atoms with van der Waals surface area (Å²) in [7, 11) is 0. The van der Waals surface area contributed by atoms with Crippen molar-refractivity contribution in [2.75, 3.05) is 0 Å². The Hall–Kier alpha value is -1.78. The number of carbonyl (C=O) groups is 2. The van der Waals surface area contributed by atoms with Crippen LogP contribution in [-0.4, -0.2) is 28.3 Å². The molecule has 0 aliphatic carbocycles. The average molecular weight is 264 g/mol. The first-order valence-electron chi connectivity index (χ1n) is 6.48. The number of furan rings is 1. The summed E-state index contributed by atoms with van der Waals surface area (Å²) >= 11 is 0. The standard InChI is InChI=1S/C14H20N2O3/c1-9(2)11-12(17)15-14(3,4)13(18)16(11)8-10-6-5-7-19-10/h5-7,9,11H,8H2,1-4H3,(H,15,17). The fraction of sp³-hybridized carbons (Fsp3) is 0.571. The van der Waals surface area contributed by atoms with Gasteiger partial charge in [0.1, 0.15) is 17.3 Å². The van der Waals surface area contributed by atoms with Gasteiger partial charge in [-0.2, -0.15) is 0 Å². The Morgan fingerprint density at radius 2 is 2.11 bits per heavy atom. The lowest BCUT2D eigenvalue weighted by atomic mass is 9.91. The molecule has 1 unspecified atom stereocenters. The molecule has 0 radical (unpaired) electrons. The first kappa shape index (κ1) is 13.6. The first-order valence-corrected chi connectivity index (χ1v) is 6.48. The summed E-state index contributed by atoms with van der Waals surface area (Å²) in [6.45, 7) is 7.64. The molecular weight excluding hydrogens is 244 g/mol. The van der Waals surface area contributed by atoms with Crippen molar-refractivity contribution in [1.82, 2.24) is 10.2 Å². The average Bonchev–Trinajstić information content (AvgIpc) is 2.77. The van der Waals surface area contributed by atoms with Crippen LogP contribution in [0.5, 0.6) is 0 Å². The van der Waals surface area contributed by atoms with E-state index in [1.165, 1.54) is 0 Å². The predicted molar refractivity (Wildman–Crippen MR) is 70.1 cm³/mol. The summed E-state index contributed by atoms with van der Waals surface area (Å²) in [4.78, 5) is 26.3. The molecule has 1 aromatic heterocycles. The zero-order valence-electron chi connectivity index (χ0n) is 11.8. The quantitative estimate of drug-likeness (QED) is 0.900. The van der Waals surface area contributed by atoms with E-state index < -0.39 is 11.6 Å². The molecule has 0 saturated carbocycles. The second kappa shape index (κ2) is 4.72. The van der Waals surface area contributed by atoms with Gasteiger partial charge in [-0.3, -0.25) is 9.59 Å². The number of rotatable bonds is 3. The third kappa shape index (κ3) is 2.50. The van der Waals surface area contributed by atoms with E-state index in [0.717, 1.165) is 0 Å². The van der Waals surface area contributed by atoms with E-state index >= 15 is 0 Å². The molecule has 2 heterocycles. The Morgan fingerprint density at radius 1 is 1.42 bits per heavy atom. The van der Waals surface area contributed by atoms with E-state index in [2.05, 4.69) is 5.32 Å². The highest BCUT2D eigenvalue weighted by Gasteiger charge is 2.46. The van der Waals surface area contributed by atoms with Crippen molar-refractivity contribution in [2.24, 2.45) is 5.92 Å². The highest BCUT2D eigenvalue weighted by Crippen LogP contribution is 2.24. The van der Waals surface area contributed by atoms with Gasteiger partial charge in [0.25, 0.3) is 0 Å². The fourth-order valence-electron chi connectivity index (χ4n) is 2.47. The lowest BCUT2D eigenvalue weighted by Gasteiger charge is -2.44. The maximum atomic E-state index is 12.5. The minimum Gasteiger partial charge on any atom is -0.467 e. The summed E-state index contributed by atoms with van der Waals surface area (Å²) in [6, 6.07) is 3.13. The maximum Gasteiger partial charge on any atom is 0.248 e. The van der Waals surface area contributed by atoms with Crippen LogP contribution in [0.25, 0.3) is 0 Å². The maximum absolute atomic E-state index is 12.5. The molecule has 1 aromatic rings. The van der Waals surface area contributed by atoms with Crippen LogP contribution in [0.3, 0.4) is 0 Å². The van der Waals surface area contributed by atoms with Crippen LogP contribution in [0, 0.1) is 5.92 Å². The summed E-state index contributed by atoms with van der Waals surface area (Å²) in [5.41, 5.74) is -0.866. The minimum absolute atomic E-state index is 0.0509. The van der Waals surface area contributed by atoms with E-state index in [0.29, 0.717) is 12.3 Å². The third-order valence-electron chi connectivity index (χ3n) is 3.37. The van der Waals surface area contributed by atoms with Crippen LogP contribution in [0.2, 0.25) is 0 Å². The number of amides is 2. The SMILES string of the molecule is CC(C)C1C(=O)NC(C)(C)C(=O)N1Cc1ccco1. The first-order chi connectivity index (χ1) is 8.83. The van der Waals surface area contributed by atoms with Gasteiger partial charge in [0.05, 0.1) is 12.8 Å². The smallest absolute Gasteiger partial charge is 0.248 e. The van der Waals surface area contributed by atoms with Crippen molar-refractivity contribution in [1.29, 1.82) is 0 Å². The molecule has 2 rings (SSSR count). The van der Waals surface area contributed by atoms with Gasteiger partial charge in [-0.15, -0.1) is 0 Å². The molecule has 0 bridgehead atoms. The molecule has 2 amide bonds. The van der Waals surface area contributed by atoms with Gasteiger partial charge < -0.3 is 14.6 Å². The Morgan fingerprint density at radius 3 is 2.63 bits per heavy atom. The van der Waals surface area contributed by atoms with Gasteiger partial charge in [0.2, 0.25) is 11.8 Å². The second-order valence-corrected chi connectivity index (χ2v) is 5.82. The van der Waals surface area contributed by atoms with E-state index in [1.54, 1.807) is 31.1 Å². The second-order valence-electron chi connectivity index (χ2n) is 5.82. The lowest BCUT2D eigenvalue weighted by molar-refractivity contribution is -0.156. The highest BCUT2D eigenvalue weighted by atomic mass is 16.3. The molecule has 0 spiro atoms. The molecule has 5 heteroatoms. The van der Waals surface area contributed by atoms with Crippen LogP contribution < -0.4 is 5.32 Å². The van der Waals surface area contributed by atoms with Crippen molar-refractivity contribution in [2.45, 2.75) is 45.8 Å². The number of carbonyl (C=O) groups excluding carboxylic acids is 2. The number of hydrogen-bond donors (Lipinski definition) is 1. The Balaban J connectivity index is 2.32. The van der Waals surface area contributed by atoms with Gasteiger partial charge in [-0.25, -0.2) is 0 Å². The van der Waals surface area contributed by atoms with Gasteiger partial charge >= 0.3 is 0 Å². The number of piperazine rings is 1.